The topological polar surface area (TPSA) is 73.1 Å². The first kappa shape index (κ1) is 10.1. The van der Waals surface area contributed by atoms with Crippen molar-refractivity contribution in [1.82, 2.24) is 4.98 Å². The summed E-state index contributed by atoms with van der Waals surface area (Å²) in [6.45, 7) is 1.85. The van der Waals surface area contributed by atoms with Crippen molar-refractivity contribution in [2.45, 2.75) is 11.8 Å². The number of nitrogens with two attached hydrogens (primary N) is 1. The fraction of sp³-hybridized carbons (Fsp3) is 0.100. The molecule has 5 heteroatoms. The summed E-state index contributed by atoms with van der Waals surface area (Å²) in [5.74, 6) is 0. The van der Waals surface area contributed by atoms with Crippen molar-refractivity contribution in [2.24, 2.45) is 5.14 Å². The highest BCUT2D eigenvalue weighted by molar-refractivity contribution is 7.89. The fourth-order valence-corrected chi connectivity index (χ4v) is 1.91. The third-order valence-corrected chi connectivity index (χ3v) is 3.04. The largest absolute Gasteiger partial charge is 0.253 e. The number of hydrogen-bond donors (Lipinski definition) is 1. The number of benzene rings is 1. The van der Waals surface area contributed by atoms with E-state index in [0.717, 1.165) is 11.1 Å². The zero-order chi connectivity index (χ0) is 11.1. The second-order valence-electron chi connectivity index (χ2n) is 3.35. The van der Waals surface area contributed by atoms with E-state index in [0.29, 0.717) is 5.52 Å². The molecule has 0 spiro atoms. The van der Waals surface area contributed by atoms with E-state index in [9.17, 15) is 8.42 Å². The summed E-state index contributed by atoms with van der Waals surface area (Å²) in [5.41, 5.74) is 1.48. The summed E-state index contributed by atoms with van der Waals surface area (Å²) in [6, 6.07) is 8.43. The second kappa shape index (κ2) is 3.29. The van der Waals surface area contributed by atoms with Crippen LogP contribution in [-0.2, 0) is 10.0 Å². The molecule has 0 saturated carbocycles. The molecule has 4 nitrogen and oxygen atoms in total. The summed E-state index contributed by atoms with van der Waals surface area (Å²) in [7, 11) is -3.65. The molecule has 1 heterocycles. The molecule has 0 saturated heterocycles. The van der Waals surface area contributed by atoms with E-state index in [1.807, 2.05) is 19.1 Å². The highest BCUT2D eigenvalue weighted by Crippen LogP contribution is 2.16. The van der Waals surface area contributed by atoms with Crippen LogP contribution in [0.1, 0.15) is 5.69 Å². The first-order valence-corrected chi connectivity index (χ1v) is 5.92. The lowest BCUT2D eigenvalue weighted by molar-refractivity contribution is 0.598. The maximum atomic E-state index is 11.1. The average Bonchev–Trinajstić information content (AvgIpc) is 2.15. The number of fused-ring (bicyclic) bond motifs is 1. The molecule has 0 amide bonds. The third kappa shape index (κ3) is 1.98. The van der Waals surface area contributed by atoms with Gasteiger partial charge in [-0.05, 0) is 25.1 Å². The molecule has 0 bridgehead atoms. The van der Waals surface area contributed by atoms with E-state index in [1.54, 1.807) is 6.07 Å². The van der Waals surface area contributed by atoms with Crippen LogP contribution in [0.2, 0.25) is 0 Å². The Kier molecular flexibility index (Phi) is 2.21. The third-order valence-electron chi connectivity index (χ3n) is 2.13. The normalized spacial score (nSPS) is 11.9. The predicted octanol–water partition coefficient (Wildman–Crippen LogP) is 1.19. The van der Waals surface area contributed by atoms with Crippen LogP contribution in [0.4, 0.5) is 0 Å². The van der Waals surface area contributed by atoms with Crippen LogP contribution in [0.15, 0.2) is 35.2 Å². The van der Waals surface area contributed by atoms with Gasteiger partial charge in [0.15, 0.2) is 0 Å². The molecule has 0 aliphatic rings. The SMILES string of the molecule is Cc1ccc2ccc(S(N)(=O)=O)cc2n1. The molecule has 2 N–H and O–H groups in total. The van der Waals surface area contributed by atoms with Gasteiger partial charge in [0.05, 0.1) is 10.4 Å². The van der Waals surface area contributed by atoms with Crippen molar-refractivity contribution >= 4 is 20.9 Å². The van der Waals surface area contributed by atoms with Gasteiger partial charge in [0.25, 0.3) is 0 Å². The van der Waals surface area contributed by atoms with Crippen molar-refractivity contribution in [1.29, 1.82) is 0 Å². The van der Waals surface area contributed by atoms with Crippen molar-refractivity contribution < 1.29 is 8.42 Å². The monoisotopic (exact) mass is 222 g/mol. The van der Waals surface area contributed by atoms with Gasteiger partial charge in [0.2, 0.25) is 10.0 Å². The molecule has 1 aromatic carbocycles. The standard InChI is InChI=1S/C10H10N2O2S/c1-7-2-3-8-4-5-9(15(11,13)14)6-10(8)12-7/h2-6H,1H3,(H2,11,13,14). The summed E-state index contributed by atoms with van der Waals surface area (Å²) in [6.07, 6.45) is 0. The van der Waals surface area contributed by atoms with Gasteiger partial charge < -0.3 is 0 Å². The van der Waals surface area contributed by atoms with Gasteiger partial charge in [0.1, 0.15) is 0 Å². The van der Waals surface area contributed by atoms with Crippen LogP contribution in [0.5, 0.6) is 0 Å². The molecule has 2 rings (SSSR count). The van der Waals surface area contributed by atoms with E-state index in [-0.39, 0.29) is 4.90 Å². The van der Waals surface area contributed by atoms with E-state index in [1.165, 1.54) is 12.1 Å². The van der Waals surface area contributed by atoms with Crippen LogP contribution in [-0.4, -0.2) is 13.4 Å². The van der Waals surface area contributed by atoms with Crippen molar-refractivity contribution in [2.75, 3.05) is 0 Å². The Labute approximate surface area is 87.8 Å². The summed E-state index contributed by atoms with van der Waals surface area (Å²) in [5, 5.41) is 5.93. The lowest BCUT2D eigenvalue weighted by atomic mass is 10.2. The predicted molar refractivity (Wildman–Crippen MR) is 57.9 cm³/mol. The molecule has 0 fully saturated rings. The van der Waals surface area contributed by atoms with Gasteiger partial charge in [-0.2, -0.15) is 0 Å². The highest BCUT2D eigenvalue weighted by atomic mass is 32.2. The molecular weight excluding hydrogens is 212 g/mol. The Balaban J connectivity index is 2.75. The molecule has 0 aliphatic carbocycles. The quantitative estimate of drug-likeness (QED) is 0.787. The van der Waals surface area contributed by atoms with Crippen molar-refractivity contribution in [3.8, 4) is 0 Å². The van der Waals surface area contributed by atoms with Crippen LogP contribution in [0.3, 0.4) is 0 Å². The van der Waals surface area contributed by atoms with Crippen molar-refractivity contribution in [3.63, 3.8) is 0 Å². The maximum Gasteiger partial charge on any atom is 0.238 e. The molecular formula is C10H10N2O2S. The van der Waals surface area contributed by atoms with Gasteiger partial charge in [0, 0.05) is 11.1 Å². The number of hydrogen-bond acceptors (Lipinski definition) is 3. The first-order chi connectivity index (χ1) is 6.97. The zero-order valence-corrected chi connectivity index (χ0v) is 8.95. The van der Waals surface area contributed by atoms with Crippen LogP contribution >= 0.6 is 0 Å². The van der Waals surface area contributed by atoms with Gasteiger partial charge in [-0.25, -0.2) is 13.6 Å². The van der Waals surface area contributed by atoms with Gasteiger partial charge in [-0.15, -0.1) is 0 Å². The lowest BCUT2D eigenvalue weighted by Gasteiger charge is -2.01. The smallest absolute Gasteiger partial charge is 0.238 e. The Hall–Kier alpha value is -1.46. The molecule has 0 unspecified atom stereocenters. The fourth-order valence-electron chi connectivity index (χ4n) is 1.38. The summed E-state index contributed by atoms with van der Waals surface area (Å²) in [4.78, 5) is 4.32. The van der Waals surface area contributed by atoms with Crippen LogP contribution in [0.25, 0.3) is 10.9 Å². The summed E-state index contributed by atoms with van der Waals surface area (Å²) >= 11 is 0. The van der Waals surface area contributed by atoms with Gasteiger partial charge in [-0.3, -0.25) is 4.98 Å². The number of aromatic nitrogens is 1. The average molecular weight is 222 g/mol. The maximum absolute atomic E-state index is 11.1. The van der Waals surface area contributed by atoms with Crippen molar-refractivity contribution in [3.05, 3.63) is 36.0 Å². The molecule has 78 valence electrons. The van der Waals surface area contributed by atoms with E-state index in [4.69, 9.17) is 5.14 Å². The van der Waals surface area contributed by atoms with Gasteiger partial charge in [-0.1, -0.05) is 12.1 Å². The van der Waals surface area contributed by atoms with E-state index in [2.05, 4.69) is 4.98 Å². The van der Waals surface area contributed by atoms with Gasteiger partial charge >= 0.3 is 0 Å². The van der Waals surface area contributed by atoms with E-state index < -0.39 is 10.0 Å². The van der Waals surface area contributed by atoms with Crippen LogP contribution in [0, 0.1) is 6.92 Å². The Morgan fingerprint density at radius 1 is 1.20 bits per heavy atom. The van der Waals surface area contributed by atoms with Crippen LogP contribution < -0.4 is 5.14 Å². The minimum Gasteiger partial charge on any atom is -0.253 e. The Bertz CT molecular complexity index is 620. The highest BCUT2D eigenvalue weighted by Gasteiger charge is 2.08. The molecule has 1 aromatic heterocycles. The Morgan fingerprint density at radius 3 is 2.53 bits per heavy atom. The summed E-state index contributed by atoms with van der Waals surface area (Å²) < 4.78 is 22.2. The second-order valence-corrected chi connectivity index (χ2v) is 4.91. The molecule has 15 heavy (non-hydrogen) atoms. The molecule has 2 aromatic rings. The molecule has 0 radical (unpaired) electrons. The molecule has 0 atom stereocenters. The minimum absolute atomic E-state index is 0.0908. The zero-order valence-electron chi connectivity index (χ0n) is 8.14. The van der Waals surface area contributed by atoms with E-state index >= 15 is 0 Å². The number of sulfonamides is 1. The lowest BCUT2D eigenvalue weighted by Crippen LogP contribution is -2.11. The first-order valence-electron chi connectivity index (χ1n) is 4.37. The number of nitrogens with zero attached hydrogens (tertiary/aromatic N) is 1. The number of primary sulfonamides is 1. The molecule has 0 aliphatic heterocycles. The Morgan fingerprint density at radius 2 is 1.87 bits per heavy atom. The number of aryl methyl sites for hydroxylation is 1. The number of rotatable bonds is 1. The minimum atomic E-state index is -3.65. The number of pyridine rings is 1.